The van der Waals surface area contributed by atoms with Crippen molar-refractivity contribution >= 4 is 11.6 Å². The maximum Gasteiger partial charge on any atom is 0.141 e. The van der Waals surface area contributed by atoms with Crippen LogP contribution in [0.2, 0.25) is 0 Å². The van der Waals surface area contributed by atoms with E-state index in [0.29, 0.717) is 25.7 Å². The summed E-state index contributed by atoms with van der Waals surface area (Å²) >= 11 is 0. The number of carbonyl (C=O) groups excluding carboxylic acids is 2. The molecule has 2 nitrogen and oxygen atoms in total. The maximum atomic E-state index is 13.0. The molecule has 11 rings (SSSR count). The molecule has 32 heavy (non-hydrogen) atoms. The minimum atomic E-state index is 0.266. The second-order valence-electron chi connectivity index (χ2n) is 9.51. The monoisotopic (exact) mass is 422 g/mol. The Morgan fingerprint density at radius 1 is 0.406 bits per heavy atom. The molecule has 3 aromatic carbocycles. The summed E-state index contributed by atoms with van der Waals surface area (Å²) in [6, 6.07) is 21.6. The first-order valence-corrected chi connectivity index (χ1v) is 11.9. The van der Waals surface area contributed by atoms with Crippen LogP contribution in [-0.4, -0.2) is 11.6 Å². The topological polar surface area (TPSA) is 34.1 Å². The van der Waals surface area contributed by atoms with E-state index in [2.05, 4.69) is 36.4 Å². The van der Waals surface area contributed by atoms with Crippen molar-refractivity contribution in [2.45, 2.75) is 64.2 Å². The highest BCUT2D eigenvalue weighted by atomic mass is 16.1. The van der Waals surface area contributed by atoms with Crippen molar-refractivity contribution in [3.8, 4) is 0 Å². The molecule has 162 valence electrons. The van der Waals surface area contributed by atoms with Gasteiger partial charge < -0.3 is 0 Å². The molecule has 0 unspecified atom stereocenters. The lowest BCUT2D eigenvalue weighted by atomic mass is 9.86. The van der Waals surface area contributed by atoms with Gasteiger partial charge in [-0.05, 0) is 83.0 Å². The fraction of sp³-hybridized carbons (Fsp3) is 0.333. The summed E-state index contributed by atoms with van der Waals surface area (Å²) in [6.07, 6.45) is 7.93. The number of benzene rings is 3. The largest absolute Gasteiger partial charge is 0.299 e. The molecule has 8 aliphatic carbocycles. The van der Waals surface area contributed by atoms with Crippen LogP contribution in [0.1, 0.15) is 57.3 Å². The van der Waals surface area contributed by atoms with Gasteiger partial charge in [0, 0.05) is 25.7 Å². The molecule has 0 amide bonds. The molecule has 0 heterocycles. The van der Waals surface area contributed by atoms with Crippen LogP contribution in [-0.2, 0) is 61.0 Å². The van der Waals surface area contributed by atoms with Crippen LogP contribution in [0.5, 0.6) is 0 Å². The van der Waals surface area contributed by atoms with Crippen molar-refractivity contribution in [1.29, 1.82) is 0 Å². The molecule has 0 atom stereocenters. The van der Waals surface area contributed by atoms with E-state index >= 15 is 0 Å². The van der Waals surface area contributed by atoms with Gasteiger partial charge in [-0.25, -0.2) is 0 Å². The molecular weight excluding hydrogens is 392 g/mol. The number of carbonyl (C=O) groups is 2. The summed E-state index contributed by atoms with van der Waals surface area (Å²) in [5.74, 6) is 0.531. The quantitative estimate of drug-likeness (QED) is 0.488. The van der Waals surface area contributed by atoms with Crippen LogP contribution in [0.25, 0.3) is 0 Å². The van der Waals surface area contributed by atoms with E-state index in [1.807, 2.05) is 24.3 Å². The SMILES string of the molecule is O=C1Cc2ccc(cc2)CC(=O)Cc2cc3c(cc2CCCc2ccc(cc2)CCC3)C1. The van der Waals surface area contributed by atoms with Crippen molar-refractivity contribution in [3.05, 3.63) is 105 Å². The molecule has 0 fully saturated rings. The first-order chi connectivity index (χ1) is 15.6. The Morgan fingerprint density at radius 3 is 1.19 bits per heavy atom. The minimum Gasteiger partial charge on any atom is -0.299 e. The lowest BCUT2D eigenvalue weighted by Crippen LogP contribution is -2.14. The minimum absolute atomic E-state index is 0.266. The zero-order chi connectivity index (χ0) is 21.9. The van der Waals surface area contributed by atoms with Gasteiger partial charge in [0.15, 0.2) is 0 Å². The van der Waals surface area contributed by atoms with Crippen LogP contribution < -0.4 is 0 Å². The molecule has 8 bridgehead atoms. The van der Waals surface area contributed by atoms with Gasteiger partial charge >= 0.3 is 0 Å². The first-order valence-electron chi connectivity index (χ1n) is 11.9. The van der Waals surface area contributed by atoms with Crippen LogP contribution >= 0.6 is 0 Å². The predicted octanol–water partition coefficient (Wildman–Crippen LogP) is 5.37. The molecule has 0 aromatic heterocycles. The Bertz CT molecular complexity index is 1040. The number of hydrogen-bond donors (Lipinski definition) is 0. The van der Waals surface area contributed by atoms with E-state index in [-0.39, 0.29) is 11.6 Å². The van der Waals surface area contributed by atoms with Gasteiger partial charge in [0.05, 0.1) is 0 Å². The summed E-state index contributed by atoms with van der Waals surface area (Å²) < 4.78 is 0. The van der Waals surface area contributed by atoms with E-state index in [0.717, 1.165) is 49.7 Å². The van der Waals surface area contributed by atoms with Crippen molar-refractivity contribution in [2.75, 3.05) is 0 Å². The molecule has 2 heteroatoms. The van der Waals surface area contributed by atoms with Crippen LogP contribution in [0.15, 0.2) is 60.7 Å². The van der Waals surface area contributed by atoms with Crippen molar-refractivity contribution in [2.24, 2.45) is 0 Å². The average molecular weight is 423 g/mol. The molecule has 0 spiro atoms. The molecule has 3 aromatic rings. The number of rotatable bonds is 0. The number of aryl methyl sites for hydroxylation is 4. The summed E-state index contributed by atoms with van der Waals surface area (Å²) in [6.45, 7) is 0. The van der Waals surface area contributed by atoms with Crippen LogP contribution in [0.4, 0.5) is 0 Å². The van der Waals surface area contributed by atoms with Gasteiger partial charge in [0.2, 0.25) is 0 Å². The Balaban J connectivity index is 1.53. The van der Waals surface area contributed by atoms with Crippen molar-refractivity contribution < 1.29 is 9.59 Å². The Labute approximate surface area is 190 Å². The highest BCUT2D eigenvalue weighted by molar-refractivity contribution is 5.85. The summed E-state index contributed by atoms with van der Waals surface area (Å²) in [7, 11) is 0. The van der Waals surface area contributed by atoms with Gasteiger partial charge in [-0.3, -0.25) is 9.59 Å². The standard InChI is InChI=1S/C30H30O2/c31-29-15-23-11-13-24(14-12-23)16-30(32)20-28-17-25-5-1-3-21-7-9-22(10-8-21)4-2-6-26(28)18-27(25)19-29/h7-14,17-18H,1-6,15-16,19-20H2. The lowest BCUT2D eigenvalue weighted by molar-refractivity contribution is -0.118. The predicted molar refractivity (Wildman–Crippen MR) is 128 cm³/mol. The Hall–Kier alpha value is -3.00. The van der Waals surface area contributed by atoms with Crippen LogP contribution in [0, 0.1) is 0 Å². The van der Waals surface area contributed by atoms with Crippen molar-refractivity contribution in [1.82, 2.24) is 0 Å². The zero-order valence-electron chi connectivity index (χ0n) is 18.7. The first kappa shape index (κ1) is 20.9. The van der Waals surface area contributed by atoms with Gasteiger partial charge in [-0.1, -0.05) is 60.7 Å². The van der Waals surface area contributed by atoms with Gasteiger partial charge in [-0.2, -0.15) is 0 Å². The van der Waals surface area contributed by atoms with E-state index in [4.69, 9.17) is 0 Å². The van der Waals surface area contributed by atoms with E-state index < -0.39 is 0 Å². The average Bonchev–Trinajstić information content (AvgIpc) is 2.78. The fourth-order valence-electron chi connectivity index (χ4n) is 5.20. The molecular formula is C30H30O2. The van der Waals surface area contributed by atoms with Crippen molar-refractivity contribution in [3.63, 3.8) is 0 Å². The third-order valence-electron chi connectivity index (χ3n) is 6.97. The smallest absolute Gasteiger partial charge is 0.141 e. The molecule has 0 saturated carbocycles. The molecule has 0 N–H and O–H groups in total. The highest BCUT2D eigenvalue weighted by Crippen LogP contribution is 2.25. The number of hydrogen-bond acceptors (Lipinski definition) is 2. The molecule has 8 aliphatic rings. The molecule has 0 radical (unpaired) electrons. The second kappa shape index (κ2) is 9.24. The summed E-state index contributed by atoms with van der Waals surface area (Å²) in [4.78, 5) is 25.9. The molecule has 0 aliphatic heterocycles. The number of ketones is 2. The Morgan fingerprint density at radius 2 is 0.781 bits per heavy atom. The highest BCUT2D eigenvalue weighted by Gasteiger charge is 2.17. The van der Waals surface area contributed by atoms with E-state index in [1.54, 1.807) is 0 Å². The van der Waals surface area contributed by atoms with Gasteiger partial charge in [0.25, 0.3) is 0 Å². The van der Waals surface area contributed by atoms with Crippen LogP contribution in [0.3, 0.4) is 0 Å². The second-order valence-corrected chi connectivity index (χ2v) is 9.51. The third kappa shape index (κ3) is 4.91. The van der Waals surface area contributed by atoms with Gasteiger partial charge in [-0.15, -0.1) is 0 Å². The zero-order valence-corrected chi connectivity index (χ0v) is 18.7. The Kier molecular flexibility index (Phi) is 6.03. The van der Waals surface area contributed by atoms with Gasteiger partial charge in [0.1, 0.15) is 11.6 Å². The maximum absolute atomic E-state index is 13.0. The van der Waals surface area contributed by atoms with E-state index in [1.165, 1.54) is 33.4 Å². The fourth-order valence-corrected chi connectivity index (χ4v) is 5.20. The third-order valence-corrected chi connectivity index (χ3v) is 6.97. The normalized spacial score (nSPS) is 16.9. The molecule has 0 saturated heterocycles. The van der Waals surface area contributed by atoms with E-state index in [9.17, 15) is 9.59 Å². The number of Topliss-reactive ketones (excluding diaryl/α,β-unsaturated/α-hetero) is 2. The lowest BCUT2D eigenvalue weighted by Gasteiger charge is -2.18. The summed E-state index contributed by atoms with van der Waals surface area (Å²) in [5.41, 5.74) is 9.66. The summed E-state index contributed by atoms with van der Waals surface area (Å²) in [5, 5.41) is 0.